The Balaban J connectivity index is 1.74. The Morgan fingerprint density at radius 3 is 1.52 bits per heavy atom. The fourth-order valence-corrected chi connectivity index (χ4v) is 9.05. The van der Waals surface area contributed by atoms with Crippen molar-refractivity contribution < 1.29 is 19.1 Å². The number of methoxy groups -OCH3 is 1. The molecule has 0 aromatic heterocycles. The summed E-state index contributed by atoms with van der Waals surface area (Å²) in [7, 11) is -1.92. The molecule has 0 amide bonds. The van der Waals surface area contributed by atoms with Crippen LogP contribution in [0.2, 0.25) is 0 Å². The van der Waals surface area contributed by atoms with Crippen LogP contribution in [-0.2, 0) is 14.0 Å². The highest BCUT2D eigenvalue weighted by Crippen LogP contribution is 2.32. The smallest absolute Gasteiger partial charge is 0.336 e. The third-order valence-electron chi connectivity index (χ3n) is 6.95. The topological polar surface area (TPSA) is 67.8 Å². The van der Waals surface area contributed by atoms with Gasteiger partial charge in [-0.1, -0.05) is 133 Å². The van der Waals surface area contributed by atoms with E-state index in [2.05, 4.69) is 41.7 Å². The highest BCUT2D eigenvalue weighted by Gasteiger charge is 2.47. The van der Waals surface area contributed by atoms with Crippen molar-refractivity contribution in [2.45, 2.75) is 12.1 Å². The zero-order chi connectivity index (χ0) is 27.8. The quantitative estimate of drug-likeness (QED) is 0.115. The molecule has 0 bridgehead atoms. The maximum absolute atomic E-state index is 13.7. The van der Waals surface area contributed by atoms with Crippen LogP contribution in [0.5, 0.6) is 5.75 Å². The van der Waals surface area contributed by atoms with Crippen LogP contribution in [0.4, 0.5) is 5.69 Å². The summed E-state index contributed by atoms with van der Waals surface area (Å²) < 4.78 is 12.7. The van der Waals surface area contributed by atoms with Crippen molar-refractivity contribution in [2.75, 3.05) is 12.4 Å². The van der Waals surface area contributed by atoms with Crippen molar-refractivity contribution in [2.24, 2.45) is 0 Å². The largest absolute Gasteiger partial charge is 0.506 e. The SMILES string of the molecule is COC(=O)[C@H](O[Si](c1ccccc1)(c1ccccc1)c1ccccc1)[C@@H](Nc1ccccc1O)c1ccccc1. The lowest BCUT2D eigenvalue weighted by atomic mass is 10.0. The summed E-state index contributed by atoms with van der Waals surface area (Å²) in [5.41, 5.74) is 1.30. The molecule has 5 aromatic carbocycles. The summed E-state index contributed by atoms with van der Waals surface area (Å²) >= 11 is 0. The van der Waals surface area contributed by atoms with Crippen molar-refractivity contribution in [1.82, 2.24) is 0 Å². The van der Waals surface area contributed by atoms with Crippen LogP contribution in [0, 0.1) is 0 Å². The minimum absolute atomic E-state index is 0.0738. The van der Waals surface area contributed by atoms with Gasteiger partial charge in [0, 0.05) is 0 Å². The molecule has 6 heteroatoms. The van der Waals surface area contributed by atoms with Crippen molar-refractivity contribution in [1.29, 1.82) is 0 Å². The third kappa shape index (κ3) is 5.54. The fraction of sp³-hybridized carbons (Fsp3) is 0.0882. The second-order valence-electron chi connectivity index (χ2n) is 9.39. The molecule has 5 rings (SSSR count). The number of para-hydroxylation sites is 2. The maximum atomic E-state index is 13.7. The Kier molecular flexibility index (Phi) is 8.40. The number of phenolic OH excluding ortho intramolecular Hbond substituents is 1. The monoisotopic (exact) mass is 545 g/mol. The number of hydrogen-bond donors (Lipinski definition) is 2. The number of aromatic hydroxyl groups is 1. The molecule has 0 heterocycles. The molecule has 40 heavy (non-hydrogen) atoms. The first-order valence-electron chi connectivity index (χ1n) is 13.1. The van der Waals surface area contributed by atoms with Gasteiger partial charge in [0.1, 0.15) is 5.75 Å². The molecule has 0 aliphatic carbocycles. The van der Waals surface area contributed by atoms with Crippen LogP contribution < -0.4 is 20.9 Å². The van der Waals surface area contributed by atoms with E-state index in [0.29, 0.717) is 5.69 Å². The molecule has 0 fully saturated rings. The van der Waals surface area contributed by atoms with Crippen LogP contribution >= 0.6 is 0 Å². The van der Waals surface area contributed by atoms with E-state index in [9.17, 15) is 9.90 Å². The molecule has 2 N–H and O–H groups in total. The molecule has 2 atom stereocenters. The second-order valence-corrected chi connectivity index (χ2v) is 12.7. The Labute approximate surface area is 235 Å². The molecule has 5 aromatic rings. The van der Waals surface area contributed by atoms with Gasteiger partial charge in [-0.2, -0.15) is 0 Å². The lowest BCUT2D eigenvalue weighted by Gasteiger charge is -2.38. The van der Waals surface area contributed by atoms with Gasteiger partial charge in [-0.25, -0.2) is 4.79 Å². The molecule has 0 unspecified atom stereocenters. The number of carbonyl (C=O) groups excluding carboxylic acids is 1. The molecular weight excluding hydrogens is 514 g/mol. The van der Waals surface area contributed by atoms with Crippen LogP contribution in [0.3, 0.4) is 0 Å². The van der Waals surface area contributed by atoms with Gasteiger partial charge in [-0.3, -0.25) is 0 Å². The molecule has 0 aliphatic heterocycles. The van der Waals surface area contributed by atoms with E-state index in [0.717, 1.165) is 21.1 Å². The van der Waals surface area contributed by atoms with Gasteiger partial charge >= 0.3 is 5.97 Å². The minimum atomic E-state index is -3.30. The summed E-state index contributed by atoms with van der Waals surface area (Å²) in [6, 6.07) is 46.2. The average Bonchev–Trinajstić information content (AvgIpc) is 3.03. The second kappa shape index (κ2) is 12.5. The molecule has 0 saturated carbocycles. The van der Waals surface area contributed by atoms with E-state index in [1.165, 1.54) is 7.11 Å². The predicted octanol–water partition coefficient (Wildman–Crippen LogP) is 4.77. The molecule has 0 radical (unpaired) electrons. The van der Waals surface area contributed by atoms with Crippen LogP contribution in [0.25, 0.3) is 0 Å². The first-order chi connectivity index (χ1) is 19.6. The van der Waals surface area contributed by atoms with Gasteiger partial charge in [-0.15, -0.1) is 0 Å². The molecule has 0 saturated heterocycles. The van der Waals surface area contributed by atoms with Crippen molar-refractivity contribution >= 4 is 35.5 Å². The van der Waals surface area contributed by atoms with Gasteiger partial charge in [0.05, 0.1) is 18.8 Å². The number of hydrogen-bond acceptors (Lipinski definition) is 5. The molecule has 200 valence electrons. The van der Waals surface area contributed by atoms with Gasteiger partial charge in [0.25, 0.3) is 8.32 Å². The Morgan fingerprint density at radius 2 is 1.07 bits per heavy atom. The average molecular weight is 546 g/mol. The van der Waals surface area contributed by atoms with Gasteiger partial charge < -0.3 is 19.6 Å². The van der Waals surface area contributed by atoms with E-state index >= 15 is 0 Å². The normalized spacial score (nSPS) is 12.7. The number of benzene rings is 5. The fourth-order valence-electron chi connectivity index (χ4n) is 5.04. The zero-order valence-corrected chi connectivity index (χ0v) is 23.2. The van der Waals surface area contributed by atoms with E-state index < -0.39 is 26.4 Å². The summed E-state index contributed by atoms with van der Waals surface area (Å²) in [5, 5.41) is 17.0. The van der Waals surface area contributed by atoms with Gasteiger partial charge in [-0.05, 0) is 33.3 Å². The number of rotatable bonds is 10. The molecular formula is C34H31NO4Si. The Bertz CT molecular complexity index is 1420. The van der Waals surface area contributed by atoms with Crippen molar-refractivity contribution in [3.63, 3.8) is 0 Å². The molecule has 0 spiro atoms. The number of nitrogens with one attached hydrogen (secondary N) is 1. The highest BCUT2D eigenvalue weighted by atomic mass is 28.4. The summed E-state index contributed by atoms with van der Waals surface area (Å²) in [6.07, 6.45) is -1.07. The van der Waals surface area contributed by atoms with Gasteiger partial charge in [0.15, 0.2) is 6.10 Å². The van der Waals surface area contributed by atoms with E-state index in [1.54, 1.807) is 18.2 Å². The van der Waals surface area contributed by atoms with E-state index in [1.807, 2.05) is 91.0 Å². The predicted molar refractivity (Wildman–Crippen MR) is 162 cm³/mol. The number of esters is 1. The minimum Gasteiger partial charge on any atom is -0.506 e. The lowest BCUT2D eigenvalue weighted by molar-refractivity contribution is -0.149. The van der Waals surface area contributed by atoms with E-state index in [-0.39, 0.29) is 5.75 Å². The van der Waals surface area contributed by atoms with Crippen molar-refractivity contribution in [3.05, 3.63) is 151 Å². The number of carbonyl (C=O) groups is 1. The molecule has 5 nitrogen and oxygen atoms in total. The Morgan fingerprint density at radius 1 is 0.650 bits per heavy atom. The van der Waals surface area contributed by atoms with Crippen LogP contribution in [0.15, 0.2) is 146 Å². The zero-order valence-electron chi connectivity index (χ0n) is 22.2. The number of anilines is 1. The first-order valence-corrected chi connectivity index (χ1v) is 15.1. The first kappa shape index (κ1) is 26.9. The highest BCUT2D eigenvalue weighted by molar-refractivity contribution is 7.07. The lowest BCUT2D eigenvalue weighted by Crippen LogP contribution is -2.71. The van der Waals surface area contributed by atoms with Crippen LogP contribution in [0.1, 0.15) is 11.6 Å². The third-order valence-corrected chi connectivity index (χ3v) is 11.0. The summed E-state index contributed by atoms with van der Waals surface area (Å²) in [6.45, 7) is 0. The van der Waals surface area contributed by atoms with Gasteiger partial charge in [0.2, 0.25) is 0 Å². The van der Waals surface area contributed by atoms with Crippen molar-refractivity contribution in [3.8, 4) is 5.75 Å². The number of phenols is 1. The van der Waals surface area contributed by atoms with Crippen LogP contribution in [-0.4, -0.2) is 32.6 Å². The molecule has 0 aliphatic rings. The number of ether oxygens (including phenoxy) is 1. The summed E-state index contributed by atoms with van der Waals surface area (Å²) in [5.74, 6) is -0.443. The van der Waals surface area contributed by atoms with E-state index in [4.69, 9.17) is 9.16 Å². The Hall–Kier alpha value is -4.65. The maximum Gasteiger partial charge on any atom is 0.336 e. The summed E-state index contributed by atoms with van der Waals surface area (Å²) in [4.78, 5) is 13.7. The standard InChI is InChI=1S/C34H31NO4Si/c1-38-34(37)33(32(26-16-6-2-7-17-26)35-30-24-14-15-25-31(30)36)39-40(27-18-8-3-9-19-27,28-20-10-4-11-21-28)29-22-12-5-13-23-29/h2-25,32-33,35-36H,1H3/t32-,33+/m0/s1.